The van der Waals surface area contributed by atoms with E-state index in [0.717, 1.165) is 10.4 Å². The third kappa shape index (κ3) is 3.53. The van der Waals surface area contributed by atoms with E-state index in [4.69, 9.17) is 4.43 Å². The van der Waals surface area contributed by atoms with Gasteiger partial charge in [-0.05, 0) is 27.5 Å². The summed E-state index contributed by atoms with van der Waals surface area (Å²) >= 11 is 0. The van der Waals surface area contributed by atoms with Gasteiger partial charge >= 0.3 is 8.32 Å². The summed E-state index contributed by atoms with van der Waals surface area (Å²) < 4.78 is 6.78. The minimum atomic E-state index is -2.74. The van der Waals surface area contributed by atoms with Crippen LogP contribution >= 0.6 is 0 Å². The van der Waals surface area contributed by atoms with Gasteiger partial charge in [-0.1, -0.05) is 81.4 Å². The van der Waals surface area contributed by atoms with Crippen molar-refractivity contribution in [3.8, 4) is 11.5 Å². The summed E-state index contributed by atoms with van der Waals surface area (Å²) in [6.07, 6.45) is 0.641. The molecule has 0 aliphatic rings. The lowest BCUT2D eigenvalue weighted by atomic mass is 10.2. The summed E-state index contributed by atoms with van der Waals surface area (Å²) in [6.45, 7) is 6.58. The minimum absolute atomic E-state index is 0.0690. The number of phenolic OH excluding ortho intramolecular Hbond substituents is 1. The van der Waals surface area contributed by atoms with E-state index in [-0.39, 0.29) is 16.4 Å². The molecule has 3 rings (SSSR count). The molecule has 3 nitrogen and oxygen atoms in total. The first-order valence-electron chi connectivity index (χ1n) is 8.97. The molecule has 0 saturated heterocycles. The first kappa shape index (κ1) is 18.9. The molecule has 0 unspecified atom stereocenters. The Kier molecular flexibility index (Phi) is 5.19. The molecular formula is C23H24O3Si. The van der Waals surface area contributed by atoms with Crippen LogP contribution in [0, 0.1) is 0 Å². The van der Waals surface area contributed by atoms with Gasteiger partial charge in [0.25, 0.3) is 0 Å². The molecule has 27 heavy (non-hydrogen) atoms. The summed E-state index contributed by atoms with van der Waals surface area (Å²) in [6, 6.07) is 25.5. The Balaban J connectivity index is 2.23. The van der Waals surface area contributed by atoms with Crippen molar-refractivity contribution in [3.05, 3.63) is 84.4 Å². The largest absolute Gasteiger partial charge is 0.534 e. The van der Waals surface area contributed by atoms with Crippen molar-refractivity contribution in [1.82, 2.24) is 0 Å². The number of hydrogen-bond acceptors (Lipinski definition) is 3. The molecule has 0 fully saturated rings. The SMILES string of the molecule is CC(C)(C)[Si](Oc1ccc(C=O)c(O)c1)(c1ccccc1)c1ccccc1. The lowest BCUT2D eigenvalue weighted by Gasteiger charge is -2.43. The number of carbonyl (C=O) groups excluding carboxylic acids is 1. The molecule has 0 atom stereocenters. The lowest BCUT2D eigenvalue weighted by Crippen LogP contribution is -2.68. The first-order chi connectivity index (χ1) is 12.9. The summed E-state index contributed by atoms with van der Waals surface area (Å²) in [5, 5.41) is 12.3. The Labute approximate surface area is 161 Å². The molecule has 0 aliphatic carbocycles. The average Bonchev–Trinajstić information content (AvgIpc) is 2.66. The van der Waals surface area contributed by atoms with E-state index in [1.807, 2.05) is 36.4 Å². The summed E-state index contributed by atoms with van der Waals surface area (Å²) in [5.41, 5.74) is 0.254. The van der Waals surface area contributed by atoms with E-state index in [1.54, 1.807) is 12.1 Å². The lowest BCUT2D eigenvalue weighted by molar-refractivity contribution is 0.112. The van der Waals surface area contributed by atoms with Crippen LogP contribution in [0.3, 0.4) is 0 Å². The fourth-order valence-corrected chi connectivity index (χ4v) is 7.92. The van der Waals surface area contributed by atoms with Crippen LogP contribution in [0.2, 0.25) is 5.04 Å². The van der Waals surface area contributed by atoms with Crippen molar-refractivity contribution >= 4 is 25.0 Å². The third-order valence-electron chi connectivity index (χ3n) is 4.82. The molecule has 4 heteroatoms. The number of benzene rings is 3. The molecule has 0 bridgehead atoms. The van der Waals surface area contributed by atoms with Crippen LogP contribution in [0.15, 0.2) is 78.9 Å². The average molecular weight is 377 g/mol. The number of hydrogen-bond donors (Lipinski definition) is 1. The highest BCUT2D eigenvalue weighted by atomic mass is 28.4. The Morgan fingerprint density at radius 3 is 1.78 bits per heavy atom. The molecule has 0 amide bonds. The maximum atomic E-state index is 11.0. The van der Waals surface area contributed by atoms with Gasteiger partial charge in [-0.2, -0.15) is 0 Å². The van der Waals surface area contributed by atoms with Gasteiger partial charge in [0, 0.05) is 6.07 Å². The summed E-state index contributed by atoms with van der Waals surface area (Å²) in [7, 11) is -2.74. The highest BCUT2D eigenvalue weighted by Gasteiger charge is 2.52. The van der Waals surface area contributed by atoms with Crippen molar-refractivity contribution < 1.29 is 14.3 Å². The molecule has 138 valence electrons. The van der Waals surface area contributed by atoms with E-state index in [2.05, 4.69) is 45.0 Å². The highest BCUT2D eigenvalue weighted by molar-refractivity contribution is 7.00. The number of rotatable bonds is 5. The zero-order valence-corrected chi connectivity index (χ0v) is 16.8. The topological polar surface area (TPSA) is 46.5 Å². The van der Waals surface area contributed by atoms with Crippen LogP contribution in [0.4, 0.5) is 0 Å². The van der Waals surface area contributed by atoms with Crippen LogP contribution in [-0.4, -0.2) is 19.7 Å². The van der Waals surface area contributed by atoms with Crippen LogP contribution in [0.1, 0.15) is 31.1 Å². The molecule has 0 heterocycles. The molecule has 3 aromatic rings. The molecule has 0 spiro atoms. The van der Waals surface area contributed by atoms with Gasteiger partial charge in [0.05, 0.1) is 5.56 Å². The third-order valence-corrected chi connectivity index (χ3v) is 9.76. The number of phenols is 1. The number of aromatic hydroxyl groups is 1. The molecule has 3 aromatic carbocycles. The Hall–Kier alpha value is -2.85. The Morgan fingerprint density at radius 2 is 1.37 bits per heavy atom. The molecule has 1 N–H and O–H groups in total. The van der Waals surface area contributed by atoms with E-state index in [1.165, 1.54) is 6.07 Å². The van der Waals surface area contributed by atoms with Gasteiger partial charge in [-0.15, -0.1) is 0 Å². The van der Waals surface area contributed by atoms with Crippen LogP contribution < -0.4 is 14.8 Å². The maximum Gasteiger partial charge on any atom is 0.319 e. The molecular weight excluding hydrogens is 352 g/mol. The van der Waals surface area contributed by atoms with Crippen molar-refractivity contribution in [1.29, 1.82) is 0 Å². The second-order valence-electron chi connectivity index (χ2n) is 7.60. The van der Waals surface area contributed by atoms with Crippen molar-refractivity contribution in [2.45, 2.75) is 25.8 Å². The quantitative estimate of drug-likeness (QED) is 0.538. The van der Waals surface area contributed by atoms with Gasteiger partial charge in [-0.3, -0.25) is 4.79 Å². The number of aldehydes is 1. The van der Waals surface area contributed by atoms with E-state index < -0.39 is 8.32 Å². The predicted octanol–water partition coefficient (Wildman–Crippen LogP) is 4.14. The molecule has 0 radical (unpaired) electrons. The maximum absolute atomic E-state index is 11.0. The first-order valence-corrected chi connectivity index (χ1v) is 10.9. The zero-order chi connectivity index (χ0) is 19.5. The van der Waals surface area contributed by atoms with E-state index in [0.29, 0.717) is 12.0 Å². The molecule has 0 saturated carbocycles. The Bertz CT molecular complexity index is 876. The fraction of sp³-hybridized carbons (Fsp3) is 0.174. The van der Waals surface area contributed by atoms with Gasteiger partial charge in [-0.25, -0.2) is 0 Å². The molecule has 0 aliphatic heterocycles. The van der Waals surface area contributed by atoms with E-state index in [9.17, 15) is 9.90 Å². The van der Waals surface area contributed by atoms with Crippen molar-refractivity contribution in [2.75, 3.05) is 0 Å². The van der Waals surface area contributed by atoms with Gasteiger partial charge in [0.2, 0.25) is 0 Å². The van der Waals surface area contributed by atoms with Gasteiger partial charge in [0.1, 0.15) is 11.5 Å². The fourth-order valence-electron chi connectivity index (χ4n) is 3.51. The zero-order valence-electron chi connectivity index (χ0n) is 15.8. The van der Waals surface area contributed by atoms with Crippen LogP contribution in [0.5, 0.6) is 11.5 Å². The monoisotopic (exact) mass is 376 g/mol. The van der Waals surface area contributed by atoms with Crippen LogP contribution in [-0.2, 0) is 0 Å². The summed E-state index contributed by atoms with van der Waals surface area (Å²) in [4.78, 5) is 11.0. The second kappa shape index (κ2) is 7.41. The van der Waals surface area contributed by atoms with Crippen molar-refractivity contribution in [2.24, 2.45) is 0 Å². The Morgan fingerprint density at radius 1 is 0.852 bits per heavy atom. The minimum Gasteiger partial charge on any atom is -0.534 e. The standard InChI is InChI=1S/C23H24O3Si/c1-23(2,3)27(20-10-6-4-7-11-20,21-12-8-5-9-13-21)26-19-15-14-18(17-24)22(25)16-19/h4-17,25H,1-3H3. The van der Waals surface area contributed by atoms with Crippen molar-refractivity contribution in [3.63, 3.8) is 0 Å². The second-order valence-corrected chi connectivity index (χ2v) is 11.8. The predicted molar refractivity (Wildman–Crippen MR) is 112 cm³/mol. The van der Waals surface area contributed by atoms with Crippen LogP contribution in [0.25, 0.3) is 0 Å². The normalized spacial score (nSPS) is 11.8. The van der Waals surface area contributed by atoms with Gasteiger partial charge < -0.3 is 9.53 Å². The molecule has 0 aromatic heterocycles. The number of carbonyl (C=O) groups is 1. The smallest absolute Gasteiger partial charge is 0.319 e. The van der Waals surface area contributed by atoms with E-state index >= 15 is 0 Å². The van der Waals surface area contributed by atoms with Gasteiger partial charge in [0.15, 0.2) is 6.29 Å². The summed E-state index contributed by atoms with van der Waals surface area (Å²) in [5.74, 6) is 0.493. The highest BCUT2D eigenvalue weighted by Crippen LogP contribution is 2.38.